The lowest BCUT2D eigenvalue weighted by Crippen LogP contribution is -2.42. The van der Waals surface area contributed by atoms with Crippen molar-refractivity contribution in [1.29, 1.82) is 0 Å². The van der Waals surface area contributed by atoms with Crippen LogP contribution in [0.15, 0.2) is 67.0 Å². The number of anilines is 2. The second kappa shape index (κ2) is 9.18. The molecule has 1 atom stereocenters. The molecule has 2 N–H and O–H groups in total. The summed E-state index contributed by atoms with van der Waals surface area (Å²) in [4.78, 5) is 31.5. The van der Waals surface area contributed by atoms with E-state index >= 15 is 0 Å². The molecule has 158 valence electrons. The fourth-order valence-electron chi connectivity index (χ4n) is 3.85. The van der Waals surface area contributed by atoms with Gasteiger partial charge in [0, 0.05) is 41.9 Å². The lowest BCUT2D eigenvalue weighted by atomic mass is 10.1. The predicted molar refractivity (Wildman–Crippen MR) is 122 cm³/mol. The van der Waals surface area contributed by atoms with E-state index in [1.165, 1.54) is 5.56 Å². The van der Waals surface area contributed by atoms with E-state index in [9.17, 15) is 9.59 Å². The molecule has 6 nitrogen and oxygen atoms in total. The molecule has 2 heterocycles. The minimum atomic E-state index is -0.725. The highest BCUT2D eigenvalue weighted by atomic mass is 35.5. The molecule has 2 aromatic carbocycles. The lowest BCUT2D eigenvalue weighted by Gasteiger charge is -2.30. The number of benzene rings is 2. The van der Waals surface area contributed by atoms with Crippen LogP contribution in [-0.4, -0.2) is 29.9 Å². The molecule has 1 aliphatic heterocycles. The Morgan fingerprint density at radius 1 is 1.13 bits per heavy atom. The van der Waals surface area contributed by atoms with E-state index in [0.29, 0.717) is 10.7 Å². The first-order valence-corrected chi connectivity index (χ1v) is 10.5. The van der Waals surface area contributed by atoms with Gasteiger partial charge in [0.15, 0.2) is 0 Å². The summed E-state index contributed by atoms with van der Waals surface area (Å²) in [6.45, 7) is 2.95. The molecule has 2 amide bonds. The summed E-state index contributed by atoms with van der Waals surface area (Å²) in [5.41, 5.74) is 4.74. The average molecular weight is 435 g/mol. The van der Waals surface area contributed by atoms with Gasteiger partial charge in [-0.25, -0.2) is 0 Å². The maximum Gasteiger partial charge on any atom is 0.313 e. The van der Waals surface area contributed by atoms with E-state index in [0.717, 1.165) is 29.8 Å². The molecule has 0 radical (unpaired) electrons. The van der Waals surface area contributed by atoms with Crippen LogP contribution < -0.4 is 15.5 Å². The van der Waals surface area contributed by atoms with E-state index in [1.54, 1.807) is 30.6 Å². The van der Waals surface area contributed by atoms with E-state index in [2.05, 4.69) is 32.7 Å². The zero-order valence-corrected chi connectivity index (χ0v) is 17.9. The number of carbonyl (C=O) groups excluding carboxylic acids is 2. The highest BCUT2D eigenvalue weighted by Crippen LogP contribution is 2.34. The van der Waals surface area contributed by atoms with Gasteiger partial charge >= 0.3 is 11.8 Å². The van der Waals surface area contributed by atoms with Gasteiger partial charge in [0.05, 0.1) is 6.04 Å². The van der Waals surface area contributed by atoms with Crippen molar-refractivity contribution in [2.24, 2.45) is 0 Å². The van der Waals surface area contributed by atoms with Crippen molar-refractivity contribution in [2.45, 2.75) is 19.4 Å². The van der Waals surface area contributed by atoms with E-state index in [-0.39, 0.29) is 12.6 Å². The molecule has 7 heteroatoms. The van der Waals surface area contributed by atoms with Gasteiger partial charge in [-0.2, -0.15) is 0 Å². The second-order valence-electron chi connectivity index (χ2n) is 7.50. The molecule has 0 saturated carbocycles. The number of rotatable bonds is 5. The van der Waals surface area contributed by atoms with Crippen LogP contribution in [0.5, 0.6) is 0 Å². The fourth-order valence-corrected chi connectivity index (χ4v) is 4.02. The van der Waals surface area contributed by atoms with Crippen LogP contribution in [0.25, 0.3) is 0 Å². The lowest BCUT2D eigenvalue weighted by molar-refractivity contribution is -0.136. The Balaban J connectivity index is 1.48. The van der Waals surface area contributed by atoms with Crippen LogP contribution in [0.1, 0.15) is 22.7 Å². The van der Waals surface area contributed by atoms with Crippen LogP contribution >= 0.6 is 11.6 Å². The van der Waals surface area contributed by atoms with Gasteiger partial charge in [0.2, 0.25) is 0 Å². The first kappa shape index (κ1) is 20.9. The Kier molecular flexibility index (Phi) is 6.18. The summed E-state index contributed by atoms with van der Waals surface area (Å²) in [6, 6.07) is 17.1. The largest absolute Gasteiger partial charge is 0.362 e. The summed E-state index contributed by atoms with van der Waals surface area (Å²) in [5, 5.41) is 5.92. The third-order valence-corrected chi connectivity index (χ3v) is 5.71. The SMILES string of the molecule is Cc1ccc(Cl)cc1NC(=O)C(=O)NC[C@@H](c1cccnc1)N1CCc2ccccc21. The molecule has 0 bridgehead atoms. The van der Waals surface area contributed by atoms with Gasteiger partial charge in [0.1, 0.15) is 0 Å². The molecule has 0 spiro atoms. The van der Waals surface area contributed by atoms with Gasteiger partial charge < -0.3 is 15.5 Å². The van der Waals surface area contributed by atoms with Crippen molar-refractivity contribution in [3.05, 3.63) is 88.7 Å². The van der Waals surface area contributed by atoms with Crippen molar-refractivity contribution in [1.82, 2.24) is 10.3 Å². The number of aromatic nitrogens is 1. The van der Waals surface area contributed by atoms with Gasteiger partial charge in [-0.1, -0.05) is 41.9 Å². The third kappa shape index (κ3) is 4.70. The van der Waals surface area contributed by atoms with Gasteiger partial charge in [-0.05, 0) is 54.3 Å². The number of aryl methyl sites for hydroxylation is 1. The first-order chi connectivity index (χ1) is 15.0. The Hall–Kier alpha value is -3.38. The fraction of sp³-hybridized carbons (Fsp3) is 0.208. The number of para-hydroxylation sites is 1. The number of fused-ring (bicyclic) bond motifs is 1. The first-order valence-electron chi connectivity index (χ1n) is 10.1. The Bertz CT molecular complexity index is 1100. The summed E-state index contributed by atoms with van der Waals surface area (Å²) < 4.78 is 0. The predicted octanol–water partition coefficient (Wildman–Crippen LogP) is 3.90. The molecule has 0 fully saturated rings. The third-order valence-electron chi connectivity index (χ3n) is 5.48. The zero-order chi connectivity index (χ0) is 21.8. The van der Waals surface area contributed by atoms with Crippen molar-refractivity contribution in [3.63, 3.8) is 0 Å². The molecule has 31 heavy (non-hydrogen) atoms. The average Bonchev–Trinajstić information content (AvgIpc) is 3.21. The molecule has 1 aliphatic rings. The molecule has 0 unspecified atom stereocenters. The minimum absolute atomic E-state index is 0.137. The molecule has 0 saturated heterocycles. The molecule has 1 aromatic heterocycles. The monoisotopic (exact) mass is 434 g/mol. The van der Waals surface area contributed by atoms with Gasteiger partial charge in [-0.15, -0.1) is 0 Å². The van der Waals surface area contributed by atoms with E-state index in [4.69, 9.17) is 11.6 Å². The van der Waals surface area contributed by atoms with Crippen molar-refractivity contribution in [3.8, 4) is 0 Å². The number of pyridine rings is 1. The van der Waals surface area contributed by atoms with Crippen molar-refractivity contribution >= 4 is 34.8 Å². The normalized spacial score (nSPS) is 13.4. The summed E-state index contributed by atoms with van der Waals surface area (Å²) in [7, 11) is 0. The second-order valence-corrected chi connectivity index (χ2v) is 7.93. The summed E-state index contributed by atoms with van der Waals surface area (Å²) >= 11 is 6.00. The molecule has 3 aromatic rings. The highest BCUT2D eigenvalue weighted by Gasteiger charge is 2.28. The zero-order valence-electron chi connectivity index (χ0n) is 17.1. The Morgan fingerprint density at radius 3 is 2.77 bits per heavy atom. The topological polar surface area (TPSA) is 74.3 Å². The van der Waals surface area contributed by atoms with Crippen molar-refractivity contribution < 1.29 is 9.59 Å². The number of hydrogen-bond donors (Lipinski definition) is 2. The number of halogens is 1. The number of hydrogen-bond acceptors (Lipinski definition) is 4. The van der Waals surface area contributed by atoms with Crippen molar-refractivity contribution in [2.75, 3.05) is 23.3 Å². The van der Waals surface area contributed by atoms with Crippen LogP contribution in [-0.2, 0) is 16.0 Å². The highest BCUT2D eigenvalue weighted by molar-refractivity contribution is 6.40. The van der Waals surface area contributed by atoms with Crippen LogP contribution in [0.4, 0.5) is 11.4 Å². The molecule has 0 aliphatic carbocycles. The Labute approximate surface area is 186 Å². The molecular formula is C24H23ClN4O2. The molecule has 4 rings (SSSR count). The smallest absolute Gasteiger partial charge is 0.313 e. The Morgan fingerprint density at radius 2 is 1.97 bits per heavy atom. The van der Waals surface area contributed by atoms with Crippen LogP contribution in [0.2, 0.25) is 5.02 Å². The molecular weight excluding hydrogens is 412 g/mol. The number of amides is 2. The number of carbonyl (C=O) groups is 2. The number of nitrogens with zero attached hydrogens (tertiary/aromatic N) is 2. The van der Waals surface area contributed by atoms with Gasteiger partial charge in [-0.3, -0.25) is 14.6 Å². The standard InChI is InChI=1S/C24H23ClN4O2/c1-16-8-9-19(25)13-20(16)28-24(31)23(30)27-15-22(18-6-4-11-26-14-18)29-12-10-17-5-2-3-7-21(17)29/h2-9,11,13-14,22H,10,12,15H2,1H3,(H,27,30)(H,28,31)/t22-/m0/s1. The number of nitrogens with one attached hydrogen (secondary N) is 2. The van der Waals surface area contributed by atoms with Crippen LogP contribution in [0.3, 0.4) is 0 Å². The summed E-state index contributed by atoms with van der Waals surface area (Å²) in [5.74, 6) is -1.42. The maximum atomic E-state index is 12.5. The van der Waals surface area contributed by atoms with Gasteiger partial charge in [0.25, 0.3) is 0 Å². The quantitative estimate of drug-likeness (QED) is 0.597. The summed E-state index contributed by atoms with van der Waals surface area (Å²) in [6.07, 6.45) is 4.46. The van der Waals surface area contributed by atoms with E-state index in [1.807, 2.05) is 31.2 Å². The van der Waals surface area contributed by atoms with Crippen LogP contribution in [0, 0.1) is 6.92 Å². The van der Waals surface area contributed by atoms with E-state index < -0.39 is 11.8 Å². The maximum absolute atomic E-state index is 12.5. The minimum Gasteiger partial charge on any atom is -0.362 e.